The number of piperidine rings is 1. The molecule has 3 atom stereocenters. The molecular weight excluding hydrogens is 290 g/mol. The van der Waals surface area contributed by atoms with Crippen molar-refractivity contribution in [3.63, 3.8) is 0 Å². The number of aliphatic hydroxyl groups is 1. The molecule has 0 aromatic heterocycles. The van der Waals surface area contributed by atoms with E-state index >= 15 is 0 Å². The average Bonchev–Trinajstić information content (AvgIpc) is 2.80. The minimum atomic E-state index is -4.35. The number of rotatable bonds is 4. The number of benzene rings is 1. The Morgan fingerprint density at radius 1 is 1.52 bits per heavy atom. The molecule has 128 valence electrons. The molecule has 3 unspecified atom stereocenters. The summed E-state index contributed by atoms with van der Waals surface area (Å²) in [5, 5.41) is 11.4. The molecule has 0 bridgehead atoms. The molecule has 4 nitrogen and oxygen atoms in total. The maximum absolute atomic E-state index is 11.4. The fourth-order valence-electron chi connectivity index (χ4n) is 2.41. The Kier molecular flexibility index (Phi) is 1.49. The van der Waals surface area contributed by atoms with Crippen molar-refractivity contribution >= 4 is 0 Å². The van der Waals surface area contributed by atoms with E-state index in [1.165, 1.54) is 0 Å². The first-order chi connectivity index (χ1) is 18.4. The molecule has 1 aromatic rings. The van der Waals surface area contributed by atoms with Gasteiger partial charge in [-0.1, -0.05) is 13.7 Å². The highest BCUT2D eigenvalue weighted by atomic mass is 16.5. The summed E-state index contributed by atoms with van der Waals surface area (Å²) in [6.45, 7) is -13.4. The van der Waals surface area contributed by atoms with Crippen molar-refractivity contribution in [1.82, 2.24) is 4.90 Å². The van der Waals surface area contributed by atoms with Crippen molar-refractivity contribution in [3.8, 4) is 11.5 Å². The molecule has 1 saturated heterocycles. The molecular formula is C19H29NO3. The van der Waals surface area contributed by atoms with Crippen LogP contribution >= 0.6 is 0 Å². The molecule has 1 fully saturated rings. The zero-order valence-corrected chi connectivity index (χ0v) is 12.5. The Hall–Kier alpha value is -1.26. The lowest BCUT2D eigenvalue weighted by molar-refractivity contribution is -0.0191. The second-order valence-electron chi connectivity index (χ2n) is 4.84. The fourth-order valence-corrected chi connectivity index (χ4v) is 2.41. The number of methoxy groups -OCH3 is 2. The number of hydrogen-bond acceptors (Lipinski definition) is 4. The quantitative estimate of drug-likeness (QED) is 0.916. The smallest absolute Gasteiger partial charge is 0.161 e. The van der Waals surface area contributed by atoms with Crippen LogP contribution in [-0.4, -0.2) is 43.3 Å². The van der Waals surface area contributed by atoms with Gasteiger partial charge in [0.25, 0.3) is 0 Å². The van der Waals surface area contributed by atoms with E-state index in [9.17, 15) is 5.11 Å². The summed E-state index contributed by atoms with van der Waals surface area (Å²) < 4.78 is 169. The van der Waals surface area contributed by atoms with E-state index in [4.69, 9.17) is 35.5 Å². The third kappa shape index (κ3) is 3.20. The lowest BCUT2D eigenvalue weighted by Gasteiger charge is -2.46. The van der Waals surface area contributed by atoms with E-state index in [1.54, 1.807) is 0 Å². The summed E-state index contributed by atoms with van der Waals surface area (Å²) in [7, 11) is 2.08. The van der Waals surface area contributed by atoms with Crippen LogP contribution in [0.25, 0.3) is 0 Å². The molecule has 3 rings (SSSR count). The van der Waals surface area contributed by atoms with Crippen LogP contribution in [0.3, 0.4) is 0 Å². The van der Waals surface area contributed by atoms with Gasteiger partial charge in [0.15, 0.2) is 11.5 Å². The fraction of sp³-hybridized carbons (Fsp3) is 0.684. The maximum atomic E-state index is 11.4. The lowest BCUT2D eigenvalue weighted by atomic mass is 9.79. The first-order valence-electron chi connectivity index (χ1n) is 16.2. The molecule has 2 aliphatic rings. The molecule has 0 aliphatic carbocycles. The van der Waals surface area contributed by atoms with Gasteiger partial charge >= 0.3 is 0 Å². The number of ether oxygens (including phenoxy) is 2. The van der Waals surface area contributed by atoms with Crippen LogP contribution in [0.15, 0.2) is 12.1 Å². The van der Waals surface area contributed by atoms with Crippen LogP contribution in [0.5, 0.6) is 11.5 Å². The van der Waals surface area contributed by atoms with Gasteiger partial charge in [-0.2, -0.15) is 0 Å². The average molecular weight is 339 g/mol. The molecule has 0 saturated carbocycles. The summed E-state index contributed by atoms with van der Waals surface area (Å²) in [5.41, 5.74) is -1.73. The Balaban J connectivity index is 2.53. The van der Waals surface area contributed by atoms with Crippen molar-refractivity contribution in [3.05, 3.63) is 23.2 Å². The minimum Gasteiger partial charge on any atom is -0.493 e. The summed E-state index contributed by atoms with van der Waals surface area (Å²) >= 11 is 0. The summed E-state index contributed by atoms with van der Waals surface area (Å²) in [6.07, 6.45) is -15.7. The number of hydrogen-bond donors (Lipinski definition) is 1. The topological polar surface area (TPSA) is 41.9 Å². The zero-order chi connectivity index (χ0) is 33.2. The Morgan fingerprint density at radius 3 is 2.96 bits per heavy atom. The van der Waals surface area contributed by atoms with Crippen molar-refractivity contribution < 1.29 is 40.6 Å². The molecule has 23 heavy (non-hydrogen) atoms. The molecule has 0 spiro atoms. The molecule has 1 aromatic carbocycles. The van der Waals surface area contributed by atoms with Gasteiger partial charge in [-0.3, -0.25) is 4.90 Å². The van der Waals surface area contributed by atoms with E-state index < -0.39 is 104 Å². The highest BCUT2D eigenvalue weighted by Crippen LogP contribution is 2.43. The van der Waals surface area contributed by atoms with Gasteiger partial charge in [0.05, 0.1) is 24.4 Å². The van der Waals surface area contributed by atoms with Crippen molar-refractivity contribution in [2.24, 2.45) is 11.8 Å². The van der Waals surface area contributed by atoms with Crippen molar-refractivity contribution in [1.29, 1.82) is 0 Å². The van der Waals surface area contributed by atoms with Gasteiger partial charge in [0.1, 0.15) is 0 Å². The summed E-state index contributed by atoms with van der Waals surface area (Å²) in [4.78, 5) is 0.159. The lowest BCUT2D eigenvalue weighted by Crippen LogP contribution is -2.48. The molecule has 2 aliphatic heterocycles. The highest BCUT2D eigenvalue weighted by molar-refractivity contribution is 5.49. The summed E-state index contributed by atoms with van der Waals surface area (Å²) in [6, 6.07) is -4.14. The van der Waals surface area contributed by atoms with Crippen LogP contribution < -0.4 is 9.47 Å². The Morgan fingerprint density at radius 2 is 2.26 bits per heavy atom. The highest BCUT2D eigenvalue weighted by Gasteiger charge is 2.38. The van der Waals surface area contributed by atoms with Gasteiger partial charge in [0.2, 0.25) is 0 Å². The first kappa shape index (κ1) is 5.12. The van der Waals surface area contributed by atoms with E-state index in [1.807, 2.05) is 0 Å². The van der Waals surface area contributed by atoms with E-state index in [-0.39, 0.29) is 4.90 Å². The molecule has 1 N–H and O–H groups in total. The zero-order valence-electron chi connectivity index (χ0n) is 31.5. The predicted molar refractivity (Wildman–Crippen MR) is 91.1 cm³/mol. The molecule has 0 amide bonds. The van der Waals surface area contributed by atoms with E-state index in [0.29, 0.717) is 0 Å². The van der Waals surface area contributed by atoms with Crippen molar-refractivity contribution in [2.75, 3.05) is 27.3 Å². The second kappa shape index (κ2) is 6.70. The van der Waals surface area contributed by atoms with Gasteiger partial charge in [-0.05, 0) is 54.1 Å². The predicted octanol–water partition coefficient (Wildman–Crippen LogP) is 3.03. The second-order valence-corrected chi connectivity index (χ2v) is 4.84. The molecule has 0 radical (unpaired) electrons. The van der Waals surface area contributed by atoms with E-state index in [0.717, 1.165) is 14.2 Å². The Bertz CT molecular complexity index is 1260. The minimum absolute atomic E-state index is 0.159. The van der Waals surface area contributed by atoms with E-state index in [2.05, 4.69) is 0 Å². The summed E-state index contributed by atoms with van der Waals surface area (Å²) in [5.74, 6) is -9.35. The SMILES string of the molecule is [2H]c1c(OC)c(OC)c([2H])c2c1C1N(CC([2H])(C([2H])([2H])C([2H])(C([2H])([2H])[2H])C([2H])([2H])[2H])C([2H])(O)C1([2H])[2H])C([2H])([2H])C2([2H])[2H]. The third-order valence-corrected chi connectivity index (χ3v) is 3.44. The first-order valence-corrected chi connectivity index (χ1v) is 6.68. The Labute approximate surface area is 166 Å². The van der Waals surface area contributed by atoms with Crippen LogP contribution in [0.2, 0.25) is 0 Å². The van der Waals surface area contributed by atoms with Gasteiger partial charge < -0.3 is 14.6 Å². The molecule has 2 heterocycles. The van der Waals surface area contributed by atoms with Gasteiger partial charge in [-0.25, -0.2) is 0 Å². The van der Waals surface area contributed by atoms with Gasteiger partial charge in [0, 0.05) is 41.0 Å². The maximum Gasteiger partial charge on any atom is 0.161 e. The number of nitrogens with zero attached hydrogens (tertiary/aromatic N) is 1. The van der Waals surface area contributed by atoms with Crippen molar-refractivity contribution in [2.45, 2.75) is 44.9 Å². The van der Waals surface area contributed by atoms with Crippen LogP contribution in [-0.2, 0) is 6.37 Å². The van der Waals surface area contributed by atoms with Crippen LogP contribution in [0.4, 0.5) is 0 Å². The standard InChI is InChI=1S/C19H29NO3/c1-12(2)7-14-11-20-6-5-13-8-18(22-3)19(23-4)9-15(13)16(20)10-17(14)21/h8-9,12,14,16-17,21H,5-7,10-11H2,1-4H3/i1D3,2D3,5D2,6D2,7D2,8D,9D,10D2,12D,14D,17D. The normalized spacial score (nSPS) is 54.7. The number of fused-ring (bicyclic) bond motifs is 3. The van der Waals surface area contributed by atoms with Crippen LogP contribution in [0, 0.1) is 11.8 Å². The van der Waals surface area contributed by atoms with Crippen LogP contribution in [0.1, 0.15) is 69.7 Å². The van der Waals surface area contributed by atoms with Gasteiger partial charge in [-0.15, -0.1) is 0 Å². The monoisotopic (exact) mass is 338 g/mol. The molecule has 4 heteroatoms. The largest absolute Gasteiger partial charge is 0.493 e. The third-order valence-electron chi connectivity index (χ3n) is 3.44.